The highest BCUT2D eigenvalue weighted by Gasteiger charge is 2.29. The lowest BCUT2D eigenvalue weighted by Crippen LogP contribution is -2.30. The fourth-order valence-electron chi connectivity index (χ4n) is 5.00. The average molecular weight is 515 g/mol. The van der Waals surface area contributed by atoms with Gasteiger partial charge in [0.05, 0.1) is 12.7 Å². The van der Waals surface area contributed by atoms with E-state index in [9.17, 15) is 19.8 Å². The lowest BCUT2D eigenvalue weighted by Gasteiger charge is -2.19. The van der Waals surface area contributed by atoms with E-state index in [1.165, 1.54) is 0 Å². The zero-order chi connectivity index (χ0) is 26.6. The molecule has 0 radical (unpaired) electrons. The van der Waals surface area contributed by atoms with E-state index in [2.05, 4.69) is 34.6 Å². The van der Waals surface area contributed by atoms with Gasteiger partial charge in [0, 0.05) is 23.4 Å². The number of aromatic nitrogens is 1. The number of hydrogen-bond donors (Lipinski definition) is 4. The molecule has 0 saturated carbocycles. The van der Waals surface area contributed by atoms with Gasteiger partial charge in [0.15, 0.2) is 0 Å². The van der Waals surface area contributed by atoms with E-state index in [-0.39, 0.29) is 32.1 Å². The number of esters is 1. The van der Waals surface area contributed by atoms with Crippen LogP contribution in [-0.2, 0) is 9.47 Å². The predicted molar refractivity (Wildman–Crippen MR) is 143 cm³/mol. The van der Waals surface area contributed by atoms with Crippen molar-refractivity contribution in [2.75, 3.05) is 19.8 Å². The number of ether oxygens (including phenoxy) is 2. The maximum atomic E-state index is 12.4. The lowest BCUT2D eigenvalue weighted by molar-refractivity contribution is 0.0137. The Balaban J connectivity index is 1.13. The molecule has 3 aromatic carbocycles. The molecule has 0 fully saturated rings. The van der Waals surface area contributed by atoms with E-state index in [1.807, 2.05) is 24.3 Å². The molecule has 1 heterocycles. The Hall–Kier alpha value is -4.14. The molecular formula is C30H30N2O6. The van der Waals surface area contributed by atoms with Crippen LogP contribution < -0.4 is 5.32 Å². The second-order valence-corrected chi connectivity index (χ2v) is 9.30. The van der Waals surface area contributed by atoms with Gasteiger partial charge in [-0.3, -0.25) is 0 Å². The summed E-state index contributed by atoms with van der Waals surface area (Å²) in [6, 6.07) is 23.1. The van der Waals surface area contributed by atoms with Crippen LogP contribution in [0.3, 0.4) is 0 Å². The molecule has 196 valence electrons. The summed E-state index contributed by atoms with van der Waals surface area (Å²) in [5.41, 5.74) is 6.04. The third kappa shape index (κ3) is 5.14. The summed E-state index contributed by atoms with van der Waals surface area (Å²) >= 11 is 0. The number of aromatic amines is 1. The van der Waals surface area contributed by atoms with Crippen LogP contribution in [0.1, 0.15) is 52.5 Å². The molecule has 4 N–H and O–H groups in total. The summed E-state index contributed by atoms with van der Waals surface area (Å²) in [5, 5.41) is 24.6. The van der Waals surface area contributed by atoms with Crippen molar-refractivity contribution in [3.05, 3.63) is 95.2 Å². The van der Waals surface area contributed by atoms with Crippen molar-refractivity contribution in [3.63, 3.8) is 0 Å². The highest BCUT2D eigenvalue weighted by Crippen LogP contribution is 2.44. The van der Waals surface area contributed by atoms with Crippen molar-refractivity contribution >= 4 is 23.0 Å². The molecule has 1 amide bonds. The Kier molecular flexibility index (Phi) is 7.44. The average Bonchev–Trinajstić information content (AvgIpc) is 3.50. The molecule has 1 aromatic heterocycles. The Morgan fingerprint density at radius 2 is 1.63 bits per heavy atom. The summed E-state index contributed by atoms with van der Waals surface area (Å²) in [4.78, 5) is 27.3. The first kappa shape index (κ1) is 25.5. The van der Waals surface area contributed by atoms with Crippen LogP contribution in [0.2, 0.25) is 0 Å². The first-order valence-corrected chi connectivity index (χ1v) is 12.7. The Bertz CT molecular complexity index is 1420. The number of H-pyrrole nitrogens is 1. The number of carbonyl (C=O) groups is 2. The van der Waals surface area contributed by atoms with Crippen LogP contribution in [0, 0.1) is 0 Å². The lowest BCUT2D eigenvalue weighted by atomic mass is 9.98. The highest BCUT2D eigenvalue weighted by atomic mass is 16.5. The van der Waals surface area contributed by atoms with E-state index < -0.39 is 24.3 Å². The summed E-state index contributed by atoms with van der Waals surface area (Å²) < 4.78 is 10.5. The summed E-state index contributed by atoms with van der Waals surface area (Å²) in [6.45, 7) is 2.34. The van der Waals surface area contributed by atoms with E-state index in [1.54, 1.807) is 31.2 Å². The molecule has 1 aliphatic rings. The standard InChI is InChI=1S/C30H30N2O6/c1-2-37-29(35)26-15-18-11-12-19(16-25(18)32-26)28(34)27(33)13-14-31-30(36)38-17-24-22-9-5-3-7-20(22)21-8-4-6-10-23(21)24/h3-12,15-16,24,27-28,32-34H,2,13-14,17H2,1H3,(H,31,36). The van der Waals surface area contributed by atoms with Gasteiger partial charge in [-0.25, -0.2) is 9.59 Å². The monoisotopic (exact) mass is 514 g/mol. The van der Waals surface area contributed by atoms with E-state index in [4.69, 9.17) is 9.47 Å². The Labute approximate surface area is 220 Å². The minimum atomic E-state index is -1.17. The number of benzene rings is 3. The van der Waals surface area contributed by atoms with Gasteiger partial charge in [0.2, 0.25) is 0 Å². The van der Waals surface area contributed by atoms with Gasteiger partial charge >= 0.3 is 12.1 Å². The molecule has 8 heteroatoms. The molecule has 2 unspecified atom stereocenters. The molecule has 0 saturated heterocycles. The van der Waals surface area contributed by atoms with Crippen LogP contribution in [0.4, 0.5) is 4.79 Å². The van der Waals surface area contributed by atoms with Gasteiger partial charge in [0.1, 0.15) is 18.4 Å². The third-order valence-electron chi connectivity index (χ3n) is 6.90. The van der Waals surface area contributed by atoms with Crippen molar-refractivity contribution in [1.82, 2.24) is 10.3 Å². The number of rotatable bonds is 9. The first-order chi connectivity index (χ1) is 18.5. The van der Waals surface area contributed by atoms with Crippen molar-refractivity contribution < 1.29 is 29.3 Å². The number of fused-ring (bicyclic) bond motifs is 4. The van der Waals surface area contributed by atoms with Crippen molar-refractivity contribution in [2.24, 2.45) is 0 Å². The van der Waals surface area contributed by atoms with Crippen LogP contribution in [0.15, 0.2) is 72.8 Å². The normalized spacial score (nSPS) is 14.0. The number of aliphatic hydroxyl groups is 2. The summed E-state index contributed by atoms with van der Waals surface area (Å²) in [5.74, 6) is -0.488. The highest BCUT2D eigenvalue weighted by molar-refractivity contribution is 5.95. The second kappa shape index (κ2) is 11.1. The molecule has 0 spiro atoms. The maximum absolute atomic E-state index is 12.4. The van der Waals surface area contributed by atoms with Crippen LogP contribution in [0.25, 0.3) is 22.0 Å². The zero-order valence-electron chi connectivity index (χ0n) is 21.0. The predicted octanol–water partition coefficient (Wildman–Crippen LogP) is 4.67. The maximum Gasteiger partial charge on any atom is 0.407 e. The molecule has 8 nitrogen and oxygen atoms in total. The van der Waals surface area contributed by atoms with Gasteiger partial charge in [-0.1, -0.05) is 60.7 Å². The fourth-order valence-corrected chi connectivity index (χ4v) is 5.00. The van der Waals surface area contributed by atoms with Crippen molar-refractivity contribution in [3.8, 4) is 11.1 Å². The number of aliphatic hydroxyl groups excluding tert-OH is 2. The summed E-state index contributed by atoms with van der Waals surface area (Å²) in [6.07, 6.45) is -2.73. The van der Waals surface area contributed by atoms with Crippen molar-refractivity contribution in [2.45, 2.75) is 31.5 Å². The minimum Gasteiger partial charge on any atom is -0.461 e. The van der Waals surface area contributed by atoms with E-state index in [0.29, 0.717) is 16.8 Å². The minimum absolute atomic E-state index is 0.0344. The quantitative estimate of drug-likeness (QED) is 0.241. The zero-order valence-corrected chi connectivity index (χ0v) is 21.0. The molecule has 4 aromatic rings. The number of alkyl carbamates (subject to hydrolysis) is 1. The SMILES string of the molecule is CCOC(=O)c1cc2ccc(C(O)C(O)CCNC(=O)OCC3c4ccccc4-c4ccccc43)cc2[nH]1. The summed E-state index contributed by atoms with van der Waals surface area (Å²) in [7, 11) is 0. The molecule has 5 rings (SSSR count). The van der Waals surface area contributed by atoms with Crippen LogP contribution in [-0.4, -0.2) is 53.1 Å². The van der Waals surface area contributed by atoms with Crippen LogP contribution >= 0.6 is 0 Å². The molecule has 2 atom stereocenters. The van der Waals surface area contributed by atoms with E-state index >= 15 is 0 Å². The Morgan fingerprint density at radius 1 is 0.947 bits per heavy atom. The topological polar surface area (TPSA) is 121 Å². The fraction of sp³-hybridized carbons (Fsp3) is 0.267. The number of carbonyl (C=O) groups excluding carboxylic acids is 2. The third-order valence-corrected chi connectivity index (χ3v) is 6.90. The second-order valence-electron chi connectivity index (χ2n) is 9.30. The number of amides is 1. The van der Waals surface area contributed by atoms with E-state index in [0.717, 1.165) is 27.6 Å². The van der Waals surface area contributed by atoms with Gasteiger partial charge in [-0.05, 0) is 53.3 Å². The van der Waals surface area contributed by atoms with Gasteiger partial charge in [0.25, 0.3) is 0 Å². The van der Waals surface area contributed by atoms with Gasteiger partial charge in [-0.2, -0.15) is 0 Å². The molecular weight excluding hydrogens is 484 g/mol. The molecule has 38 heavy (non-hydrogen) atoms. The van der Waals surface area contributed by atoms with Gasteiger partial charge in [-0.15, -0.1) is 0 Å². The smallest absolute Gasteiger partial charge is 0.407 e. The number of hydrogen-bond acceptors (Lipinski definition) is 6. The molecule has 1 aliphatic carbocycles. The van der Waals surface area contributed by atoms with Gasteiger partial charge < -0.3 is 30.0 Å². The first-order valence-electron chi connectivity index (χ1n) is 12.7. The number of nitrogens with one attached hydrogen (secondary N) is 2. The Morgan fingerprint density at radius 3 is 2.32 bits per heavy atom. The van der Waals surface area contributed by atoms with Crippen molar-refractivity contribution in [1.29, 1.82) is 0 Å². The largest absolute Gasteiger partial charge is 0.461 e. The molecule has 0 aliphatic heterocycles. The molecule has 0 bridgehead atoms. The van der Waals surface area contributed by atoms with Crippen LogP contribution in [0.5, 0.6) is 0 Å².